The van der Waals surface area contributed by atoms with Gasteiger partial charge in [-0.25, -0.2) is 9.59 Å². The number of alkyl carbamates (subject to hydrolysis) is 2. The number of carbonyl (C=O) groups excluding carboxylic acids is 2. The Labute approximate surface area is 347 Å². The fourth-order valence-corrected chi connectivity index (χ4v) is 6.70. The van der Waals surface area contributed by atoms with E-state index >= 15 is 0 Å². The molecule has 2 N–H and O–H groups in total. The van der Waals surface area contributed by atoms with Crippen LogP contribution in [-0.4, -0.2) is 72.6 Å². The molecule has 0 aliphatic rings. The number of hydrogen-bond donors (Lipinski definition) is 2. The van der Waals surface area contributed by atoms with Gasteiger partial charge in [0.1, 0.15) is 13.2 Å². The molecule has 0 aromatic rings. The van der Waals surface area contributed by atoms with Gasteiger partial charge in [-0.2, -0.15) is 0 Å². The molecule has 13 heteroatoms. The molecule has 0 aliphatic carbocycles. The van der Waals surface area contributed by atoms with Gasteiger partial charge in [-0.15, -0.1) is 0 Å². The topological polar surface area (TPSA) is 172 Å². The molecule has 0 aromatic carbocycles. The van der Waals surface area contributed by atoms with Gasteiger partial charge in [0.15, 0.2) is 13.2 Å². The fraction of sp³-hybridized carbons (Fsp3) is 0.955. The summed E-state index contributed by atoms with van der Waals surface area (Å²) in [6, 6.07) is 0. The second-order valence-corrected chi connectivity index (χ2v) is 16.9. The van der Waals surface area contributed by atoms with E-state index in [-0.39, 0.29) is 0 Å². The van der Waals surface area contributed by atoms with Gasteiger partial charge in [0.05, 0.1) is 0 Å². The minimum Gasteiger partial charge on any atom is -0.442 e. The monoisotopic (exact) mass is 815 g/mol. The van der Waals surface area contributed by atoms with Gasteiger partial charge in [-0.3, -0.25) is 20.2 Å². The van der Waals surface area contributed by atoms with Gasteiger partial charge < -0.3 is 24.8 Å². The maximum absolute atomic E-state index is 12.2. The van der Waals surface area contributed by atoms with Crippen LogP contribution in [0, 0.1) is 20.2 Å². The standard InChI is InChI=1S/C44H86N4O9/c1-5-7-9-11-13-15-17-19-21-23-25-27-29-31-33-35-45-41(49)56-39-43(3,47(51)52)37-55-38-44(4,48(53)54)40-57-42(50)46-36-34-32-30-28-26-24-22-20-18-16-14-12-10-8-6-2/h5-40H2,1-4H3,(H,45,49)(H,46,50). The molecule has 13 nitrogen and oxygen atoms in total. The van der Waals surface area contributed by atoms with Crippen molar-refractivity contribution in [2.75, 3.05) is 39.5 Å². The Balaban J connectivity index is 4.07. The van der Waals surface area contributed by atoms with E-state index < -0.39 is 59.5 Å². The first kappa shape index (κ1) is 54.3. The molecule has 0 radical (unpaired) electrons. The summed E-state index contributed by atoms with van der Waals surface area (Å²) >= 11 is 0. The van der Waals surface area contributed by atoms with Crippen LogP contribution in [-0.2, 0) is 14.2 Å². The number of nitrogens with zero attached hydrogens (tertiary/aromatic N) is 2. The van der Waals surface area contributed by atoms with Gasteiger partial charge in [0.2, 0.25) is 0 Å². The Hall–Kier alpha value is -2.70. The summed E-state index contributed by atoms with van der Waals surface area (Å²) in [7, 11) is 0. The lowest BCUT2D eigenvalue weighted by molar-refractivity contribution is -0.584. The number of hydrogen-bond acceptors (Lipinski definition) is 9. The maximum atomic E-state index is 12.2. The Morgan fingerprint density at radius 1 is 0.421 bits per heavy atom. The first-order chi connectivity index (χ1) is 27.5. The molecule has 0 saturated carbocycles. The molecular formula is C44H86N4O9. The first-order valence-electron chi connectivity index (χ1n) is 23.2. The van der Waals surface area contributed by atoms with Crippen molar-refractivity contribution in [3.63, 3.8) is 0 Å². The lowest BCUT2D eigenvalue weighted by Gasteiger charge is -2.24. The molecule has 57 heavy (non-hydrogen) atoms. The van der Waals surface area contributed by atoms with E-state index in [2.05, 4.69) is 24.5 Å². The van der Waals surface area contributed by atoms with Crippen molar-refractivity contribution in [1.29, 1.82) is 0 Å². The van der Waals surface area contributed by atoms with Crippen molar-refractivity contribution in [1.82, 2.24) is 10.6 Å². The predicted octanol–water partition coefficient (Wildman–Crippen LogP) is 12.3. The third-order valence-electron chi connectivity index (χ3n) is 10.8. The van der Waals surface area contributed by atoms with Gasteiger partial charge in [-0.1, -0.05) is 194 Å². The maximum Gasteiger partial charge on any atom is 0.407 e. The van der Waals surface area contributed by atoms with Crippen molar-refractivity contribution in [2.45, 2.75) is 231 Å². The van der Waals surface area contributed by atoms with Gasteiger partial charge in [0, 0.05) is 36.8 Å². The van der Waals surface area contributed by atoms with E-state index in [1.165, 1.54) is 168 Å². The highest BCUT2D eigenvalue weighted by atomic mass is 16.7. The highest BCUT2D eigenvalue weighted by Gasteiger charge is 2.44. The zero-order valence-corrected chi connectivity index (χ0v) is 37.0. The van der Waals surface area contributed by atoms with Crippen LogP contribution in [0.2, 0.25) is 0 Å². The number of carbonyl (C=O) groups is 2. The Bertz CT molecular complexity index is 929. The average molecular weight is 815 g/mol. The highest BCUT2D eigenvalue weighted by molar-refractivity contribution is 5.67. The third-order valence-corrected chi connectivity index (χ3v) is 10.8. The van der Waals surface area contributed by atoms with Crippen LogP contribution in [0.4, 0.5) is 9.59 Å². The second-order valence-electron chi connectivity index (χ2n) is 16.9. The summed E-state index contributed by atoms with van der Waals surface area (Å²) in [5, 5.41) is 29.0. The minimum atomic E-state index is -1.82. The lowest BCUT2D eigenvalue weighted by atomic mass is 10.0. The zero-order chi connectivity index (χ0) is 42.3. The molecule has 2 amide bonds. The third kappa shape index (κ3) is 32.9. The molecule has 0 spiro atoms. The first-order valence-corrected chi connectivity index (χ1v) is 23.2. The Morgan fingerprint density at radius 2 is 0.649 bits per heavy atom. The summed E-state index contributed by atoms with van der Waals surface area (Å²) < 4.78 is 15.7. The minimum absolute atomic E-state index is 0.414. The van der Waals surface area contributed by atoms with Crippen molar-refractivity contribution in [3.05, 3.63) is 20.2 Å². The summed E-state index contributed by atoms with van der Waals surface area (Å²) in [4.78, 5) is 46.9. The zero-order valence-electron chi connectivity index (χ0n) is 37.0. The van der Waals surface area contributed by atoms with E-state index in [9.17, 15) is 29.8 Å². The van der Waals surface area contributed by atoms with Crippen LogP contribution in [0.15, 0.2) is 0 Å². The van der Waals surface area contributed by atoms with Crippen LogP contribution >= 0.6 is 0 Å². The lowest BCUT2D eigenvalue weighted by Crippen LogP contribution is -2.50. The highest BCUT2D eigenvalue weighted by Crippen LogP contribution is 2.17. The van der Waals surface area contributed by atoms with Gasteiger partial charge >= 0.3 is 12.2 Å². The molecule has 336 valence electrons. The van der Waals surface area contributed by atoms with Crippen LogP contribution in [0.25, 0.3) is 0 Å². The van der Waals surface area contributed by atoms with Crippen LogP contribution in [0.5, 0.6) is 0 Å². The quantitative estimate of drug-likeness (QED) is 0.0345. The summed E-state index contributed by atoms with van der Waals surface area (Å²) in [6.45, 7) is 5.60. The number of unbranched alkanes of at least 4 members (excludes halogenated alkanes) is 28. The number of nitrogens with one attached hydrogen (secondary N) is 2. The van der Waals surface area contributed by atoms with Gasteiger partial charge in [-0.05, 0) is 12.8 Å². The molecular weight excluding hydrogens is 729 g/mol. The molecule has 0 aliphatic heterocycles. The van der Waals surface area contributed by atoms with E-state index in [0.29, 0.717) is 13.1 Å². The summed E-state index contributed by atoms with van der Waals surface area (Å²) in [5.74, 6) is 0. The van der Waals surface area contributed by atoms with Crippen molar-refractivity contribution in [2.24, 2.45) is 0 Å². The summed E-state index contributed by atoms with van der Waals surface area (Å²) in [6.07, 6.45) is 35.8. The van der Waals surface area contributed by atoms with Gasteiger partial charge in [0.25, 0.3) is 11.1 Å². The second kappa shape index (κ2) is 37.6. The summed E-state index contributed by atoms with van der Waals surface area (Å²) in [5.41, 5.74) is -3.65. The number of rotatable bonds is 42. The number of nitro groups is 2. The van der Waals surface area contributed by atoms with Crippen molar-refractivity contribution >= 4 is 12.2 Å². The number of amides is 2. The molecule has 0 fully saturated rings. The number of ether oxygens (including phenoxy) is 3. The Morgan fingerprint density at radius 3 is 0.877 bits per heavy atom. The van der Waals surface area contributed by atoms with Crippen molar-refractivity contribution in [3.8, 4) is 0 Å². The predicted molar refractivity (Wildman–Crippen MR) is 230 cm³/mol. The molecule has 0 rings (SSSR count). The van der Waals surface area contributed by atoms with E-state index in [1.807, 2.05) is 0 Å². The average Bonchev–Trinajstić information content (AvgIpc) is 3.18. The van der Waals surface area contributed by atoms with E-state index in [4.69, 9.17) is 14.2 Å². The van der Waals surface area contributed by atoms with E-state index in [1.54, 1.807) is 0 Å². The van der Waals surface area contributed by atoms with Crippen LogP contribution < -0.4 is 10.6 Å². The molecule has 2 unspecified atom stereocenters. The van der Waals surface area contributed by atoms with E-state index in [0.717, 1.165) is 38.5 Å². The molecule has 0 bridgehead atoms. The Kier molecular flexibility index (Phi) is 35.8. The molecule has 0 saturated heterocycles. The normalized spacial score (nSPS) is 13.4. The molecule has 0 heterocycles. The SMILES string of the molecule is CCCCCCCCCCCCCCCCCNC(=O)OCC(C)(COCC(C)(COC(=O)NCCCCCCCCCCCCCCCCC)[N+](=O)[O-])[N+](=O)[O-]. The molecule has 0 aromatic heterocycles. The fourth-order valence-electron chi connectivity index (χ4n) is 6.70. The van der Waals surface area contributed by atoms with Crippen molar-refractivity contribution < 1.29 is 33.6 Å². The van der Waals surface area contributed by atoms with Crippen LogP contribution in [0.3, 0.4) is 0 Å². The largest absolute Gasteiger partial charge is 0.442 e. The van der Waals surface area contributed by atoms with Crippen LogP contribution in [0.1, 0.15) is 220 Å². The molecule has 2 atom stereocenters. The smallest absolute Gasteiger partial charge is 0.407 e.